The Kier molecular flexibility index (Phi) is 3.47. The minimum atomic E-state index is -6.23. The Morgan fingerprint density at radius 3 is 1.62 bits per heavy atom. The Morgan fingerprint density at radius 1 is 1.00 bits per heavy atom. The van der Waals surface area contributed by atoms with Gasteiger partial charge >= 0.3 is 18.7 Å². The second-order valence-electron chi connectivity index (χ2n) is 1.74. The molecule has 0 bridgehead atoms. The third-order valence-electron chi connectivity index (χ3n) is 0.753. The van der Waals surface area contributed by atoms with Gasteiger partial charge in [-0.05, 0) is 0 Å². The molecule has 0 aliphatic carbocycles. The van der Waals surface area contributed by atoms with Gasteiger partial charge in [0.25, 0.3) is 6.36 Å². The molecular weight excluding hydrogens is 216 g/mol. The van der Waals surface area contributed by atoms with Crippen LogP contribution in [0.5, 0.6) is 0 Å². The van der Waals surface area contributed by atoms with Crippen molar-refractivity contribution in [1.29, 1.82) is 0 Å². The van der Waals surface area contributed by atoms with Gasteiger partial charge in [-0.2, -0.15) is 30.7 Å². The Balaban J connectivity index is 4.34. The first-order valence-corrected chi connectivity index (χ1v) is 2.52. The molecule has 0 aliphatic heterocycles. The van der Waals surface area contributed by atoms with Crippen LogP contribution in [0, 0.1) is 6.43 Å². The minimum Gasteiger partial charge on any atom is -0.272 e. The predicted octanol–water partition coefficient (Wildman–Crippen LogP) is 2.88. The first kappa shape index (κ1) is 12.4. The fraction of sp³-hybridized carbons (Fsp3) is 0.750. The van der Waals surface area contributed by atoms with E-state index in [1.54, 1.807) is 0 Å². The van der Waals surface area contributed by atoms with Crippen LogP contribution in [-0.4, -0.2) is 18.6 Å². The fourth-order valence-electron chi connectivity index (χ4n) is 0.241. The van der Waals surface area contributed by atoms with E-state index in [4.69, 9.17) is 0 Å². The van der Waals surface area contributed by atoms with Crippen molar-refractivity contribution in [2.45, 2.75) is 18.6 Å². The first-order chi connectivity index (χ1) is 5.58. The molecule has 1 atom stereocenters. The average Bonchev–Trinajstić information content (AvgIpc) is 1.83. The quantitative estimate of drug-likeness (QED) is 0.660. The standard InChI is InChI=1S/C4HF8O/c5-1(6)2(7)13-4(11,12)3(8,9)10/h2H. The van der Waals surface area contributed by atoms with E-state index >= 15 is 0 Å². The van der Waals surface area contributed by atoms with Gasteiger partial charge in [0.15, 0.2) is 0 Å². The summed E-state index contributed by atoms with van der Waals surface area (Å²) in [5.74, 6) is 0. The van der Waals surface area contributed by atoms with Gasteiger partial charge in [-0.3, -0.25) is 4.74 Å². The van der Waals surface area contributed by atoms with Gasteiger partial charge in [-0.25, -0.2) is 4.39 Å². The van der Waals surface area contributed by atoms with E-state index in [1.165, 1.54) is 0 Å². The maximum Gasteiger partial charge on any atom is 0.483 e. The van der Waals surface area contributed by atoms with Crippen molar-refractivity contribution in [3.8, 4) is 0 Å². The number of ether oxygens (including phenoxy) is 1. The molecule has 0 aromatic carbocycles. The third-order valence-corrected chi connectivity index (χ3v) is 0.753. The van der Waals surface area contributed by atoms with Crippen LogP contribution in [0.1, 0.15) is 0 Å². The molecule has 1 nitrogen and oxygen atoms in total. The number of halogens is 8. The van der Waals surface area contributed by atoms with Gasteiger partial charge in [0.05, 0.1) is 0 Å². The molecule has 0 spiro atoms. The van der Waals surface area contributed by atoms with Gasteiger partial charge in [-0.1, -0.05) is 0 Å². The summed E-state index contributed by atoms with van der Waals surface area (Å²) in [6, 6.07) is 0. The second-order valence-corrected chi connectivity index (χ2v) is 1.74. The average molecular weight is 217 g/mol. The molecule has 0 N–H and O–H groups in total. The Bertz CT molecular complexity index is 162. The van der Waals surface area contributed by atoms with Gasteiger partial charge in [0.2, 0.25) is 0 Å². The van der Waals surface area contributed by atoms with Gasteiger partial charge < -0.3 is 0 Å². The molecule has 0 aliphatic rings. The third kappa shape index (κ3) is 3.33. The summed E-state index contributed by atoms with van der Waals surface area (Å²) in [7, 11) is 0. The smallest absolute Gasteiger partial charge is 0.272 e. The van der Waals surface area contributed by atoms with Gasteiger partial charge in [0, 0.05) is 0 Å². The molecule has 0 rings (SSSR count). The molecule has 0 aromatic heterocycles. The van der Waals surface area contributed by atoms with Crippen molar-refractivity contribution in [2.75, 3.05) is 0 Å². The Morgan fingerprint density at radius 2 is 1.38 bits per heavy atom. The van der Waals surface area contributed by atoms with Crippen LogP contribution in [0.2, 0.25) is 0 Å². The highest BCUT2D eigenvalue weighted by atomic mass is 19.4. The van der Waals surface area contributed by atoms with E-state index in [0.717, 1.165) is 0 Å². The highest BCUT2D eigenvalue weighted by Gasteiger charge is 2.61. The van der Waals surface area contributed by atoms with Crippen LogP contribution in [0.4, 0.5) is 35.1 Å². The lowest BCUT2D eigenvalue weighted by atomic mass is 10.6. The van der Waals surface area contributed by atoms with Gasteiger partial charge in [-0.15, -0.1) is 0 Å². The molecule has 0 fully saturated rings. The lowest BCUT2D eigenvalue weighted by Gasteiger charge is -2.20. The monoisotopic (exact) mass is 217 g/mol. The number of hydrogen-bond donors (Lipinski definition) is 0. The van der Waals surface area contributed by atoms with Crippen molar-refractivity contribution >= 4 is 0 Å². The zero-order chi connectivity index (χ0) is 10.9. The van der Waals surface area contributed by atoms with E-state index in [1.807, 2.05) is 0 Å². The van der Waals surface area contributed by atoms with Crippen LogP contribution in [0.15, 0.2) is 0 Å². The summed E-state index contributed by atoms with van der Waals surface area (Å²) in [4.78, 5) is 0. The van der Waals surface area contributed by atoms with E-state index in [0.29, 0.717) is 0 Å². The van der Waals surface area contributed by atoms with Crippen LogP contribution in [0.25, 0.3) is 0 Å². The summed E-state index contributed by atoms with van der Waals surface area (Å²) in [5, 5.41) is 0. The molecule has 0 saturated carbocycles. The maximum absolute atomic E-state index is 11.6. The molecule has 0 amide bonds. The maximum atomic E-state index is 11.6. The predicted molar refractivity (Wildman–Crippen MR) is 22.4 cm³/mol. The molecule has 0 saturated heterocycles. The van der Waals surface area contributed by atoms with E-state index < -0.39 is 25.1 Å². The summed E-state index contributed by atoms with van der Waals surface area (Å²) in [5.41, 5.74) is 0. The molecule has 79 valence electrons. The lowest BCUT2D eigenvalue weighted by Crippen LogP contribution is -2.41. The number of hydrogen-bond acceptors (Lipinski definition) is 1. The Labute approximate surface area is 66.3 Å². The topological polar surface area (TPSA) is 9.23 Å². The van der Waals surface area contributed by atoms with Gasteiger partial charge in [0.1, 0.15) is 0 Å². The summed E-state index contributed by atoms with van der Waals surface area (Å²) >= 11 is 0. The number of alkyl halides is 6. The molecule has 9 heteroatoms. The summed E-state index contributed by atoms with van der Waals surface area (Å²) in [6.07, 6.45) is -19.5. The normalized spacial score (nSPS) is 16.4. The second kappa shape index (κ2) is 3.64. The molecule has 0 heterocycles. The van der Waals surface area contributed by atoms with Crippen LogP contribution in [-0.2, 0) is 4.74 Å². The van der Waals surface area contributed by atoms with Crippen molar-refractivity contribution < 1.29 is 39.9 Å². The van der Waals surface area contributed by atoms with E-state index in [9.17, 15) is 35.1 Å². The molecule has 1 unspecified atom stereocenters. The van der Waals surface area contributed by atoms with Crippen molar-refractivity contribution in [1.82, 2.24) is 0 Å². The van der Waals surface area contributed by atoms with E-state index in [2.05, 4.69) is 4.74 Å². The van der Waals surface area contributed by atoms with Crippen LogP contribution < -0.4 is 0 Å². The largest absolute Gasteiger partial charge is 0.483 e. The summed E-state index contributed by atoms with van der Waals surface area (Å²) < 4.78 is 92.5. The van der Waals surface area contributed by atoms with Crippen molar-refractivity contribution in [3.05, 3.63) is 6.43 Å². The molecule has 13 heavy (non-hydrogen) atoms. The van der Waals surface area contributed by atoms with E-state index in [-0.39, 0.29) is 0 Å². The van der Waals surface area contributed by atoms with Crippen molar-refractivity contribution in [3.63, 3.8) is 0 Å². The first-order valence-electron chi connectivity index (χ1n) is 2.52. The SMILES string of the molecule is F[C](F)C(F)OC(F)(F)C(F)(F)F. The molecule has 0 aromatic rings. The molecule has 1 radical (unpaired) electrons. The highest BCUT2D eigenvalue weighted by molar-refractivity contribution is 4.71. The minimum absolute atomic E-state index is 2.15. The lowest BCUT2D eigenvalue weighted by molar-refractivity contribution is -0.414. The highest BCUT2D eigenvalue weighted by Crippen LogP contribution is 2.38. The van der Waals surface area contributed by atoms with Crippen LogP contribution in [0.3, 0.4) is 0 Å². The van der Waals surface area contributed by atoms with Crippen LogP contribution >= 0.6 is 0 Å². The summed E-state index contributed by atoms with van der Waals surface area (Å²) in [6.45, 7) is 0. The zero-order valence-corrected chi connectivity index (χ0v) is 5.51. The van der Waals surface area contributed by atoms with Crippen molar-refractivity contribution in [2.24, 2.45) is 0 Å². The number of rotatable bonds is 3. The fourth-order valence-corrected chi connectivity index (χ4v) is 0.241. The zero-order valence-electron chi connectivity index (χ0n) is 5.51. The Hall–Kier alpha value is -0.600. The molecular formula is C4HF8O.